The van der Waals surface area contributed by atoms with Gasteiger partial charge in [-0.3, -0.25) is 0 Å². The first kappa shape index (κ1) is 12.9. The van der Waals surface area contributed by atoms with E-state index in [1.54, 1.807) is 29.8 Å². The van der Waals surface area contributed by atoms with Crippen molar-refractivity contribution in [1.29, 1.82) is 0 Å². The maximum atomic E-state index is 11.5. The van der Waals surface area contributed by atoms with Crippen LogP contribution < -0.4 is 0 Å². The van der Waals surface area contributed by atoms with Crippen LogP contribution in [0.1, 0.15) is 16.2 Å². The third-order valence-electron chi connectivity index (χ3n) is 2.47. The number of carbonyl (C=O) groups excluding carboxylic acids is 1. The molecule has 0 radical (unpaired) electrons. The first-order chi connectivity index (χ1) is 8.54. The van der Waals surface area contributed by atoms with E-state index in [2.05, 4.69) is 9.84 Å². The van der Waals surface area contributed by atoms with Gasteiger partial charge in [0.25, 0.3) is 0 Å². The van der Waals surface area contributed by atoms with Gasteiger partial charge in [-0.2, -0.15) is 5.10 Å². The molecule has 1 aromatic carbocycles. The summed E-state index contributed by atoms with van der Waals surface area (Å²) in [5, 5.41) is 5.00. The van der Waals surface area contributed by atoms with Gasteiger partial charge in [0.05, 0.1) is 23.5 Å². The molecule has 0 spiro atoms. The fourth-order valence-electron chi connectivity index (χ4n) is 1.57. The quantitative estimate of drug-likeness (QED) is 0.795. The van der Waals surface area contributed by atoms with Gasteiger partial charge in [-0.25, -0.2) is 9.48 Å². The lowest BCUT2D eigenvalue weighted by atomic mass is 10.3. The Morgan fingerprint density at radius 1 is 1.39 bits per heavy atom. The zero-order valence-electron chi connectivity index (χ0n) is 9.78. The highest BCUT2D eigenvalue weighted by molar-refractivity contribution is 6.34. The van der Waals surface area contributed by atoms with Crippen molar-refractivity contribution in [3.63, 3.8) is 0 Å². The maximum absolute atomic E-state index is 11.5. The summed E-state index contributed by atoms with van der Waals surface area (Å²) in [6.45, 7) is 1.77. The molecule has 0 aliphatic carbocycles. The molecule has 0 atom stereocenters. The van der Waals surface area contributed by atoms with Crippen molar-refractivity contribution in [3.8, 4) is 5.69 Å². The maximum Gasteiger partial charge on any atom is 0.360 e. The second-order valence-electron chi connectivity index (χ2n) is 3.63. The van der Waals surface area contributed by atoms with Gasteiger partial charge in [0.2, 0.25) is 0 Å². The largest absolute Gasteiger partial charge is 0.464 e. The van der Waals surface area contributed by atoms with Crippen LogP contribution in [0.15, 0.2) is 24.3 Å². The van der Waals surface area contributed by atoms with E-state index in [4.69, 9.17) is 23.2 Å². The Morgan fingerprint density at radius 2 is 2.11 bits per heavy atom. The number of hydrogen-bond donors (Lipinski definition) is 0. The zero-order chi connectivity index (χ0) is 13.3. The molecule has 1 aromatic heterocycles. The van der Waals surface area contributed by atoms with Gasteiger partial charge in [0.1, 0.15) is 0 Å². The molecule has 0 bridgehead atoms. The lowest BCUT2D eigenvalue weighted by molar-refractivity contribution is 0.0593. The molecule has 4 nitrogen and oxygen atoms in total. The van der Waals surface area contributed by atoms with Crippen LogP contribution in [-0.4, -0.2) is 22.9 Å². The van der Waals surface area contributed by atoms with Crippen LogP contribution >= 0.6 is 23.2 Å². The second-order valence-corrected chi connectivity index (χ2v) is 4.45. The van der Waals surface area contributed by atoms with E-state index < -0.39 is 5.97 Å². The first-order valence-corrected chi connectivity index (χ1v) is 5.89. The SMILES string of the molecule is COC(=O)c1nn(-c2cccc(Cl)c2)c(C)c1Cl. The molecule has 1 heterocycles. The van der Waals surface area contributed by atoms with Gasteiger partial charge in [0.15, 0.2) is 5.69 Å². The summed E-state index contributed by atoms with van der Waals surface area (Å²) in [5.74, 6) is -0.566. The summed E-state index contributed by atoms with van der Waals surface area (Å²) < 4.78 is 6.18. The Hall–Kier alpha value is -1.52. The standard InChI is InChI=1S/C12H10Cl2N2O2/c1-7-10(14)11(12(17)18-2)15-16(7)9-5-3-4-8(13)6-9/h3-6H,1-2H3. The van der Waals surface area contributed by atoms with Crippen LogP contribution in [0.5, 0.6) is 0 Å². The van der Waals surface area contributed by atoms with Gasteiger partial charge in [-0.1, -0.05) is 29.3 Å². The van der Waals surface area contributed by atoms with Crippen molar-refractivity contribution < 1.29 is 9.53 Å². The predicted octanol–water partition coefficient (Wildman–Crippen LogP) is 3.27. The third kappa shape index (κ3) is 2.21. The van der Waals surface area contributed by atoms with Gasteiger partial charge in [-0.15, -0.1) is 0 Å². The number of ether oxygens (including phenoxy) is 1. The summed E-state index contributed by atoms with van der Waals surface area (Å²) in [4.78, 5) is 11.5. The smallest absolute Gasteiger partial charge is 0.360 e. The van der Waals surface area contributed by atoms with E-state index in [0.29, 0.717) is 10.7 Å². The summed E-state index contributed by atoms with van der Waals surface area (Å²) in [6.07, 6.45) is 0. The van der Waals surface area contributed by atoms with Crippen molar-refractivity contribution in [2.75, 3.05) is 7.11 Å². The molecule has 0 saturated heterocycles. The van der Waals surface area contributed by atoms with Gasteiger partial charge in [0, 0.05) is 5.02 Å². The van der Waals surface area contributed by atoms with Crippen LogP contribution in [0.2, 0.25) is 10.0 Å². The van der Waals surface area contributed by atoms with Crippen LogP contribution in [0, 0.1) is 6.92 Å². The highest BCUT2D eigenvalue weighted by Gasteiger charge is 2.20. The van der Waals surface area contributed by atoms with Crippen molar-refractivity contribution in [2.45, 2.75) is 6.92 Å². The van der Waals surface area contributed by atoms with Crippen LogP contribution in [0.25, 0.3) is 5.69 Å². The van der Waals surface area contributed by atoms with E-state index in [9.17, 15) is 4.79 Å². The minimum atomic E-state index is -0.566. The number of nitrogens with zero attached hydrogens (tertiary/aromatic N) is 2. The zero-order valence-corrected chi connectivity index (χ0v) is 11.3. The summed E-state index contributed by atoms with van der Waals surface area (Å²) in [6, 6.07) is 7.11. The lowest BCUT2D eigenvalue weighted by Gasteiger charge is -2.04. The van der Waals surface area contributed by atoms with E-state index >= 15 is 0 Å². The van der Waals surface area contributed by atoms with E-state index in [0.717, 1.165) is 5.69 Å². The Labute approximate surface area is 114 Å². The molecule has 0 fully saturated rings. The average molecular weight is 285 g/mol. The molecule has 0 aliphatic heterocycles. The van der Waals surface area contributed by atoms with Crippen LogP contribution in [0.4, 0.5) is 0 Å². The summed E-state index contributed by atoms with van der Waals surface area (Å²) in [5.41, 5.74) is 1.48. The number of rotatable bonds is 2. The number of carbonyl (C=O) groups is 1. The molecule has 0 amide bonds. The first-order valence-electron chi connectivity index (χ1n) is 5.14. The van der Waals surface area contributed by atoms with E-state index in [-0.39, 0.29) is 10.7 Å². The minimum Gasteiger partial charge on any atom is -0.464 e. The van der Waals surface area contributed by atoms with Crippen LogP contribution in [0.3, 0.4) is 0 Å². The number of methoxy groups -OCH3 is 1. The van der Waals surface area contributed by atoms with Crippen LogP contribution in [-0.2, 0) is 4.74 Å². The van der Waals surface area contributed by atoms with Crippen molar-refractivity contribution in [2.24, 2.45) is 0 Å². The van der Waals surface area contributed by atoms with E-state index in [1.807, 2.05) is 6.07 Å². The van der Waals surface area contributed by atoms with Gasteiger partial charge < -0.3 is 4.74 Å². The molecule has 6 heteroatoms. The highest BCUT2D eigenvalue weighted by Crippen LogP contribution is 2.24. The lowest BCUT2D eigenvalue weighted by Crippen LogP contribution is -2.04. The number of halogens is 2. The van der Waals surface area contributed by atoms with Crippen molar-refractivity contribution in [1.82, 2.24) is 9.78 Å². The van der Waals surface area contributed by atoms with Gasteiger partial charge >= 0.3 is 5.97 Å². The fraction of sp³-hybridized carbons (Fsp3) is 0.167. The molecular weight excluding hydrogens is 275 g/mol. The number of aromatic nitrogens is 2. The Balaban J connectivity index is 2.56. The molecular formula is C12H10Cl2N2O2. The van der Waals surface area contributed by atoms with Crippen molar-refractivity contribution in [3.05, 3.63) is 45.7 Å². The topological polar surface area (TPSA) is 44.1 Å². The number of benzene rings is 1. The molecule has 2 rings (SSSR count). The predicted molar refractivity (Wildman–Crippen MR) is 69.7 cm³/mol. The Kier molecular flexibility index (Phi) is 3.59. The molecule has 18 heavy (non-hydrogen) atoms. The number of hydrogen-bond acceptors (Lipinski definition) is 3. The molecule has 0 saturated carbocycles. The molecule has 94 valence electrons. The Morgan fingerprint density at radius 3 is 2.72 bits per heavy atom. The summed E-state index contributed by atoms with van der Waals surface area (Å²) in [7, 11) is 1.28. The molecule has 2 aromatic rings. The average Bonchev–Trinajstić information content (AvgIpc) is 2.66. The highest BCUT2D eigenvalue weighted by atomic mass is 35.5. The Bertz CT molecular complexity index is 608. The second kappa shape index (κ2) is 5.00. The summed E-state index contributed by atoms with van der Waals surface area (Å²) >= 11 is 12.0. The van der Waals surface area contributed by atoms with Crippen molar-refractivity contribution >= 4 is 29.2 Å². The normalized spacial score (nSPS) is 10.4. The minimum absolute atomic E-state index is 0.0941. The van der Waals surface area contributed by atoms with E-state index in [1.165, 1.54) is 7.11 Å². The molecule has 0 aliphatic rings. The van der Waals surface area contributed by atoms with Gasteiger partial charge in [-0.05, 0) is 25.1 Å². The fourth-order valence-corrected chi connectivity index (χ4v) is 1.95. The molecule has 0 N–H and O–H groups in total. The third-order valence-corrected chi connectivity index (χ3v) is 3.16. The monoisotopic (exact) mass is 284 g/mol. The molecule has 0 unspecified atom stereocenters. The number of esters is 1.